The van der Waals surface area contributed by atoms with E-state index in [0.717, 1.165) is 0 Å². The fourth-order valence-electron chi connectivity index (χ4n) is 1.24. The molecular formula is C10H18N2OS. The van der Waals surface area contributed by atoms with Gasteiger partial charge in [0.1, 0.15) is 0 Å². The summed E-state index contributed by atoms with van der Waals surface area (Å²) < 4.78 is 5.54. The SMILES string of the molecule is Cc1cscc1C(COC(C)C)NN. The largest absolute Gasteiger partial charge is 0.377 e. The molecule has 0 spiro atoms. The summed E-state index contributed by atoms with van der Waals surface area (Å²) in [5.74, 6) is 5.49. The molecule has 1 aromatic rings. The summed E-state index contributed by atoms with van der Waals surface area (Å²) in [6.45, 7) is 6.75. The molecule has 0 fully saturated rings. The molecule has 1 heterocycles. The van der Waals surface area contributed by atoms with Gasteiger partial charge in [0, 0.05) is 0 Å². The van der Waals surface area contributed by atoms with Crippen LogP contribution in [0.2, 0.25) is 0 Å². The van der Waals surface area contributed by atoms with Crippen LogP contribution in [0.4, 0.5) is 0 Å². The normalized spacial score (nSPS) is 13.5. The predicted molar refractivity (Wildman–Crippen MR) is 60.2 cm³/mol. The first-order chi connectivity index (χ1) is 6.65. The lowest BCUT2D eigenvalue weighted by Gasteiger charge is -2.17. The van der Waals surface area contributed by atoms with Crippen LogP contribution < -0.4 is 11.3 Å². The topological polar surface area (TPSA) is 47.3 Å². The van der Waals surface area contributed by atoms with Gasteiger partial charge in [-0.15, -0.1) is 0 Å². The number of hydrogen-bond acceptors (Lipinski definition) is 4. The monoisotopic (exact) mass is 214 g/mol. The van der Waals surface area contributed by atoms with Gasteiger partial charge >= 0.3 is 0 Å². The van der Waals surface area contributed by atoms with Crippen molar-refractivity contribution in [2.45, 2.75) is 32.9 Å². The lowest BCUT2D eigenvalue weighted by atomic mass is 10.1. The third-order valence-electron chi connectivity index (χ3n) is 2.07. The van der Waals surface area contributed by atoms with Gasteiger partial charge in [-0.3, -0.25) is 11.3 Å². The average molecular weight is 214 g/mol. The molecule has 80 valence electrons. The van der Waals surface area contributed by atoms with Crippen molar-refractivity contribution in [2.75, 3.05) is 6.61 Å². The summed E-state index contributed by atoms with van der Waals surface area (Å²) in [6, 6.07) is 0.101. The van der Waals surface area contributed by atoms with Gasteiger partial charge in [0.25, 0.3) is 0 Å². The fourth-order valence-corrected chi connectivity index (χ4v) is 2.15. The Kier molecular flexibility index (Phi) is 4.54. The Morgan fingerprint density at radius 2 is 2.21 bits per heavy atom. The van der Waals surface area contributed by atoms with Gasteiger partial charge in [-0.25, -0.2) is 0 Å². The number of hydrazine groups is 1. The van der Waals surface area contributed by atoms with Crippen LogP contribution in [0.1, 0.15) is 31.0 Å². The van der Waals surface area contributed by atoms with Crippen LogP contribution >= 0.6 is 11.3 Å². The third-order valence-corrected chi connectivity index (χ3v) is 2.95. The van der Waals surface area contributed by atoms with E-state index in [1.807, 2.05) is 13.8 Å². The van der Waals surface area contributed by atoms with E-state index in [-0.39, 0.29) is 12.1 Å². The molecule has 1 atom stereocenters. The van der Waals surface area contributed by atoms with Crippen molar-refractivity contribution in [1.29, 1.82) is 0 Å². The van der Waals surface area contributed by atoms with Gasteiger partial charge in [0.05, 0.1) is 18.8 Å². The second-order valence-electron chi connectivity index (χ2n) is 3.61. The second kappa shape index (κ2) is 5.46. The molecule has 0 aliphatic heterocycles. The molecule has 1 aromatic heterocycles. The van der Waals surface area contributed by atoms with E-state index in [2.05, 4.69) is 23.1 Å². The Labute approximate surface area is 89.2 Å². The minimum absolute atomic E-state index is 0.101. The smallest absolute Gasteiger partial charge is 0.0704 e. The molecule has 0 amide bonds. The van der Waals surface area contributed by atoms with Gasteiger partial charge < -0.3 is 4.74 Å². The van der Waals surface area contributed by atoms with E-state index in [1.165, 1.54) is 11.1 Å². The Hall–Kier alpha value is -0.420. The standard InChI is InChI=1S/C10H18N2OS/c1-7(2)13-4-10(12-11)9-6-14-5-8(9)3/h5-7,10,12H,4,11H2,1-3H3. The van der Waals surface area contributed by atoms with Crippen LogP contribution in [-0.2, 0) is 4.74 Å². The molecule has 0 radical (unpaired) electrons. The lowest BCUT2D eigenvalue weighted by molar-refractivity contribution is 0.0611. The van der Waals surface area contributed by atoms with Crippen LogP contribution in [0.3, 0.4) is 0 Å². The Morgan fingerprint density at radius 3 is 2.64 bits per heavy atom. The zero-order valence-corrected chi connectivity index (χ0v) is 9.73. The molecule has 1 rings (SSSR count). The number of nitrogens with two attached hydrogens (primary N) is 1. The summed E-state index contributed by atoms with van der Waals surface area (Å²) in [7, 11) is 0. The molecule has 14 heavy (non-hydrogen) atoms. The van der Waals surface area contributed by atoms with Crippen molar-refractivity contribution in [3.63, 3.8) is 0 Å². The minimum Gasteiger partial charge on any atom is -0.377 e. The summed E-state index contributed by atoms with van der Waals surface area (Å²) in [5.41, 5.74) is 5.29. The molecule has 0 saturated carbocycles. The maximum Gasteiger partial charge on any atom is 0.0704 e. The third kappa shape index (κ3) is 3.06. The summed E-state index contributed by atoms with van der Waals surface area (Å²) in [4.78, 5) is 0. The highest BCUT2D eigenvalue weighted by Crippen LogP contribution is 2.21. The molecular weight excluding hydrogens is 196 g/mol. The minimum atomic E-state index is 0.101. The highest BCUT2D eigenvalue weighted by Gasteiger charge is 2.13. The van der Waals surface area contributed by atoms with Gasteiger partial charge in [-0.1, -0.05) is 0 Å². The Bertz CT molecular complexity index is 273. The molecule has 0 aliphatic rings. The van der Waals surface area contributed by atoms with E-state index in [1.54, 1.807) is 11.3 Å². The van der Waals surface area contributed by atoms with Gasteiger partial charge in [-0.2, -0.15) is 11.3 Å². The number of thiophene rings is 1. The van der Waals surface area contributed by atoms with Crippen molar-refractivity contribution in [3.05, 3.63) is 21.9 Å². The second-order valence-corrected chi connectivity index (χ2v) is 4.36. The Morgan fingerprint density at radius 1 is 1.50 bits per heavy atom. The van der Waals surface area contributed by atoms with Crippen LogP contribution in [-0.4, -0.2) is 12.7 Å². The first kappa shape index (κ1) is 11.7. The molecule has 0 saturated heterocycles. The summed E-state index contributed by atoms with van der Waals surface area (Å²) in [5, 5.41) is 4.23. The molecule has 3 nitrogen and oxygen atoms in total. The number of rotatable bonds is 5. The molecule has 1 unspecified atom stereocenters. The van der Waals surface area contributed by atoms with E-state index in [0.29, 0.717) is 6.61 Å². The molecule has 3 N–H and O–H groups in total. The summed E-state index contributed by atoms with van der Waals surface area (Å²) in [6.07, 6.45) is 0.241. The lowest BCUT2D eigenvalue weighted by Crippen LogP contribution is -2.32. The maximum atomic E-state index is 5.54. The van der Waals surface area contributed by atoms with Crippen molar-refractivity contribution in [3.8, 4) is 0 Å². The van der Waals surface area contributed by atoms with Crippen LogP contribution in [0.25, 0.3) is 0 Å². The van der Waals surface area contributed by atoms with Gasteiger partial charge in [0.15, 0.2) is 0 Å². The van der Waals surface area contributed by atoms with Crippen molar-refractivity contribution in [1.82, 2.24) is 5.43 Å². The first-order valence-electron chi connectivity index (χ1n) is 4.75. The van der Waals surface area contributed by atoms with Crippen LogP contribution in [0.5, 0.6) is 0 Å². The predicted octanol–water partition coefficient (Wildman–Crippen LogP) is 1.99. The fraction of sp³-hybridized carbons (Fsp3) is 0.600. The van der Waals surface area contributed by atoms with E-state index >= 15 is 0 Å². The average Bonchev–Trinajstić information content (AvgIpc) is 2.53. The van der Waals surface area contributed by atoms with Crippen molar-refractivity contribution < 1.29 is 4.74 Å². The maximum absolute atomic E-state index is 5.54. The molecule has 0 bridgehead atoms. The molecule has 0 aromatic carbocycles. The molecule has 4 heteroatoms. The van der Waals surface area contributed by atoms with E-state index < -0.39 is 0 Å². The summed E-state index contributed by atoms with van der Waals surface area (Å²) >= 11 is 1.69. The number of aryl methyl sites for hydroxylation is 1. The van der Waals surface area contributed by atoms with Gasteiger partial charge in [0.2, 0.25) is 0 Å². The number of ether oxygens (including phenoxy) is 1. The van der Waals surface area contributed by atoms with Crippen molar-refractivity contribution >= 4 is 11.3 Å². The Balaban J connectivity index is 2.58. The quantitative estimate of drug-likeness (QED) is 0.582. The van der Waals surface area contributed by atoms with E-state index in [9.17, 15) is 0 Å². The van der Waals surface area contributed by atoms with Crippen LogP contribution in [0, 0.1) is 6.92 Å². The van der Waals surface area contributed by atoms with Gasteiger partial charge in [-0.05, 0) is 42.7 Å². The highest BCUT2D eigenvalue weighted by atomic mass is 32.1. The molecule has 0 aliphatic carbocycles. The zero-order valence-electron chi connectivity index (χ0n) is 8.91. The zero-order chi connectivity index (χ0) is 10.6. The van der Waals surface area contributed by atoms with Crippen molar-refractivity contribution in [2.24, 2.45) is 5.84 Å². The van der Waals surface area contributed by atoms with E-state index in [4.69, 9.17) is 10.6 Å². The number of nitrogens with one attached hydrogen (secondary N) is 1. The first-order valence-corrected chi connectivity index (χ1v) is 5.69. The number of hydrogen-bond donors (Lipinski definition) is 2. The van der Waals surface area contributed by atoms with Crippen LogP contribution in [0.15, 0.2) is 10.8 Å². The highest BCUT2D eigenvalue weighted by molar-refractivity contribution is 7.08.